The Hall–Kier alpha value is -4.95. The predicted octanol–water partition coefficient (Wildman–Crippen LogP) is 10.7. The van der Waals surface area contributed by atoms with Gasteiger partial charge in [0.1, 0.15) is 5.52 Å². The van der Waals surface area contributed by atoms with Crippen LogP contribution in [0.5, 0.6) is 0 Å². The summed E-state index contributed by atoms with van der Waals surface area (Å²) in [7, 11) is 0. The van der Waals surface area contributed by atoms with E-state index in [0.717, 1.165) is 22.0 Å². The summed E-state index contributed by atoms with van der Waals surface area (Å²) in [6.45, 7) is 6.47. The number of oxazole rings is 1. The largest absolute Gasteiger partial charge is 0.436 e. The second-order valence-corrected chi connectivity index (χ2v) is 11.0. The third kappa shape index (κ3) is 3.32. The van der Waals surface area contributed by atoms with Crippen LogP contribution in [-0.2, 0) is 0 Å². The van der Waals surface area contributed by atoms with Gasteiger partial charge in [-0.05, 0) is 110 Å². The van der Waals surface area contributed by atoms with E-state index in [1.807, 2.05) is 6.07 Å². The zero-order chi connectivity index (χ0) is 27.0. The number of aryl methyl sites for hydroxylation is 3. The van der Waals surface area contributed by atoms with Crippen molar-refractivity contribution >= 4 is 43.4 Å². The quantitative estimate of drug-likeness (QED) is 0.220. The van der Waals surface area contributed by atoms with Crippen LogP contribution in [0, 0.1) is 20.8 Å². The van der Waals surface area contributed by atoms with Gasteiger partial charge in [-0.25, -0.2) is 4.98 Å². The fourth-order valence-electron chi connectivity index (χ4n) is 6.43. The van der Waals surface area contributed by atoms with E-state index >= 15 is 0 Å². The lowest BCUT2D eigenvalue weighted by molar-refractivity contribution is 0.620. The van der Waals surface area contributed by atoms with Gasteiger partial charge < -0.3 is 4.42 Å². The van der Waals surface area contributed by atoms with Crippen LogP contribution < -0.4 is 0 Å². The highest BCUT2D eigenvalue weighted by atomic mass is 16.3. The monoisotopic (exact) mass is 513 g/mol. The van der Waals surface area contributed by atoms with Gasteiger partial charge in [-0.3, -0.25) is 0 Å². The van der Waals surface area contributed by atoms with Crippen LogP contribution in [0.1, 0.15) is 16.7 Å². The molecule has 2 heteroatoms. The molecule has 0 fully saturated rings. The molecular formula is C38H27NO. The third-order valence-corrected chi connectivity index (χ3v) is 8.43. The van der Waals surface area contributed by atoms with Gasteiger partial charge in [0.15, 0.2) is 5.58 Å². The molecule has 0 bridgehead atoms. The maximum absolute atomic E-state index is 6.42. The van der Waals surface area contributed by atoms with Crippen LogP contribution in [0.25, 0.3) is 77.1 Å². The van der Waals surface area contributed by atoms with Gasteiger partial charge in [-0.1, -0.05) is 91.0 Å². The summed E-state index contributed by atoms with van der Waals surface area (Å²) >= 11 is 0. The summed E-state index contributed by atoms with van der Waals surface area (Å²) in [4.78, 5) is 4.99. The molecule has 40 heavy (non-hydrogen) atoms. The highest BCUT2D eigenvalue weighted by Gasteiger charge is 2.21. The van der Waals surface area contributed by atoms with Crippen molar-refractivity contribution in [3.05, 3.63) is 126 Å². The van der Waals surface area contributed by atoms with Crippen molar-refractivity contribution in [1.82, 2.24) is 4.98 Å². The molecule has 0 unspecified atom stereocenters. The van der Waals surface area contributed by atoms with Gasteiger partial charge in [0, 0.05) is 5.56 Å². The van der Waals surface area contributed by atoms with Gasteiger partial charge >= 0.3 is 0 Å². The Labute approximate surface area is 232 Å². The first-order valence-corrected chi connectivity index (χ1v) is 13.8. The number of aromatic nitrogens is 1. The zero-order valence-electron chi connectivity index (χ0n) is 22.7. The number of rotatable bonds is 3. The number of fused-ring (bicyclic) bond motifs is 1. The average molecular weight is 514 g/mol. The summed E-state index contributed by atoms with van der Waals surface area (Å²) in [5.41, 5.74) is 11.4. The topological polar surface area (TPSA) is 26.0 Å². The molecule has 0 amide bonds. The Balaban J connectivity index is 1.54. The first-order chi connectivity index (χ1) is 19.6. The molecule has 0 saturated carbocycles. The van der Waals surface area contributed by atoms with E-state index in [-0.39, 0.29) is 0 Å². The molecule has 0 aliphatic rings. The van der Waals surface area contributed by atoms with E-state index in [0.29, 0.717) is 5.89 Å². The highest BCUT2D eigenvalue weighted by Crippen LogP contribution is 2.46. The smallest absolute Gasteiger partial charge is 0.227 e. The van der Waals surface area contributed by atoms with Crippen molar-refractivity contribution in [2.24, 2.45) is 0 Å². The first kappa shape index (κ1) is 23.0. The molecule has 0 N–H and O–H groups in total. The number of hydrogen-bond acceptors (Lipinski definition) is 2. The first-order valence-electron chi connectivity index (χ1n) is 13.8. The molecule has 0 spiro atoms. The fraction of sp³-hybridized carbons (Fsp3) is 0.0789. The number of hydrogen-bond donors (Lipinski definition) is 0. The SMILES string of the molecule is Cc1ccc2oc(-c3cc(-c4ccccc4C)c4ccc5ccc(-c6ccccc6C)c6ccc3c4c56)nc2c1. The summed E-state index contributed by atoms with van der Waals surface area (Å²) in [6.07, 6.45) is 0. The Bertz CT molecular complexity index is 2250. The van der Waals surface area contributed by atoms with Crippen molar-refractivity contribution in [3.63, 3.8) is 0 Å². The van der Waals surface area contributed by atoms with E-state index in [9.17, 15) is 0 Å². The number of nitrogens with zero attached hydrogens (tertiary/aromatic N) is 1. The molecule has 7 aromatic carbocycles. The molecule has 2 nitrogen and oxygen atoms in total. The second-order valence-electron chi connectivity index (χ2n) is 11.0. The molecule has 8 rings (SSSR count). The van der Waals surface area contributed by atoms with E-state index in [1.54, 1.807) is 0 Å². The lowest BCUT2D eigenvalue weighted by Crippen LogP contribution is -1.93. The van der Waals surface area contributed by atoms with Crippen LogP contribution >= 0.6 is 0 Å². The minimum Gasteiger partial charge on any atom is -0.436 e. The Morgan fingerprint density at radius 2 is 1.12 bits per heavy atom. The molecule has 0 saturated heterocycles. The summed E-state index contributed by atoms with van der Waals surface area (Å²) < 4.78 is 6.42. The number of benzene rings is 7. The molecule has 1 aromatic heterocycles. The van der Waals surface area contributed by atoms with Crippen LogP contribution in [0.15, 0.2) is 114 Å². The van der Waals surface area contributed by atoms with E-state index in [1.165, 1.54) is 65.9 Å². The van der Waals surface area contributed by atoms with Gasteiger partial charge in [-0.15, -0.1) is 0 Å². The Morgan fingerprint density at radius 3 is 1.88 bits per heavy atom. The lowest BCUT2D eigenvalue weighted by atomic mass is 9.84. The van der Waals surface area contributed by atoms with Crippen molar-refractivity contribution in [2.45, 2.75) is 20.8 Å². The van der Waals surface area contributed by atoms with Crippen molar-refractivity contribution in [3.8, 4) is 33.7 Å². The van der Waals surface area contributed by atoms with E-state index in [2.05, 4.69) is 124 Å². The van der Waals surface area contributed by atoms with Gasteiger partial charge in [0.2, 0.25) is 5.89 Å². The Kier molecular flexibility index (Phi) is 4.90. The summed E-state index contributed by atoms with van der Waals surface area (Å²) in [5.74, 6) is 0.660. The summed E-state index contributed by atoms with van der Waals surface area (Å²) in [6, 6.07) is 39.4. The molecule has 0 atom stereocenters. The third-order valence-electron chi connectivity index (χ3n) is 8.43. The molecule has 8 aromatic rings. The second kappa shape index (κ2) is 8.53. The van der Waals surface area contributed by atoms with Crippen molar-refractivity contribution < 1.29 is 4.42 Å². The van der Waals surface area contributed by atoms with Crippen LogP contribution in [0.2, 0.25) is 0 Å². The van der Waals surface area contributed by atoms with Crippen molar-refractivity contribution in [1.29, 1.82) is 0 Å². The van der Waals surface area contributed by atoms with Gasteiger partial charge in [-0.2, -0.15) is 0 Å². The van der Waals surface area contributed by atoms with Crippen LogP contribution in [0.4, 0.5) is 0 Å². The standard InChI is InChI=1S/C38H27NO/c1-22-12-19-35-34(20-22)39-38(40-35)33-21-32(27-11-7-5-9-24(27)3)30-16-14-25-13-15-28(26-10-6-4-8-23(26)2)29-17-18-31(33)37(30)36(25)29/h4-21H,1-3H3. The van der Waals surface area contributed by atoms with Crippen LogP contribution in [-0.4, -0.2) is 4.98 Å². The maximum Gasteiger partial charge on any atom is 0.227 e. The molecule has 1 heterocycles. The minimum atomic E-state index is 0.660. The molecule has 190 valence electrons. The lowest BCUT2D eigenvalue weighted by Gasteiger charge is -2.19. The molecular weight excluding hydrogens is 486 g/mol. The zero-order valence-corrected chi connectivity index (χ0v) is 22.7. The summed E-state index contributed by atoms with van der Waals surface area (Å²) in [5, 5.41) is 7.48. The van der Waals surface area contributed by atoms with Gasteiger partial charge in [0.05, 0.1) is 0 Å². The highest BCUT2D eigenvalue weighted by molar-refractivity contribution is 6.29. The fourth-order valence-corrected chi connectivity index (χ4v) is 6.43. The predicted molar refractivity (Wildman–Crippen MR) is 168 cm³/mol. The molecule has 0 radical (unpaired) electrons. The van der Waals surface area contributed by atoms with Crippen LogP contribution in [0.3, 0.4) is 0 Å². The van der Waals surface area contributed by atoms with Gasteiger partial charge in [0.25, 0.3) is 0 Å². The van der Waals surface area contributed by atoms with E-state index < -0.39 is 0 Å². The maximum atomic E-state index is 6.42. The van der Waals surface area contributed by atoms with E-state index in [4.69, 9.17) is 9.40 Å². The molecule has 0 aliphatic heterocycles. The average Bonchev–Trinajstić information content (AvgIpc) is 3.39. The van der Waals surface area contributed by atoms with Crippen molar-refractivity contribution in [2.75, 3.05) is 0 Å². The minimum absolute atomic E-state index is 0.660. The normalized spacial score (nSPS) is 11.9. The molecule has 0 aliphatic carbocycles. The Morgan fingerprint density at radius 1 is 0.500 bits per heavy atom.